The molecule has 0 amide bonds. The third-order valence-corrected chi connectivity index (χ3v) is 8.43. The van der Waals surface area contributed by atoms with E-state index < -0.39 is 19.6 Å². The molecule has 54 valence electrons. The first-order valence-electron chi connectivity index (χ1n) is 3.18. The molecule has 1 heterocycles. The Morgan fingerprint density at radius 2 is 1.89 bits per heavy atom. The molecule has 0 spiro atoms. The van der Waals surface area contributed by atoms with Gasteiger partial charge in [-0.05, 0) is 0 Å². The van der Waals surface area contributed by atoms with Gasteiger partial charge >= 0.3 is 58.5 Å². The molecule has 0 bridgehead atoms. The molecule has 0 nitrogen and oxygen atoms in total. The van der Waals surface area contributed by atoms with E-state index in [9.17, 15) is 0 Å². The zero-order valence-electron chi connectivity index (χ0n) is 5.61. The van der Waals surface area contributed by atoms with Crippen LogP contribution in [0.4, 0.5) is 0 Å². The summed E-state index contributed by atoms with van der Waals surface area (Å²) < 4.78 is 4.66. The molecule has 1 saturated heterocycles. The summed E-state index contributed by atoms with van der Waals surface area (Å²) in [6.07, 6.45) is 5.19. The van der Waals surface area contributed by atoms with Crippen molar-refractivity contribution < 1.29 is 24.0 Å². The summed E-state index contributed by atoms with van der Waals surface area (Å²) in [6.45, 7) is 3.77. The largest absolute Gasteiger partial charge is 1.00 e. The summed E-state index contributed by atoms with van der Waals surface area (Å²) in [5, 5.41) is 0. The van der Waals surface area contributed by atoms with Gasteiger partial charge in [-0.3, -0.25) is 0 Å². The maximum absolute atomic E-state index is 3.77. The van der Waals surface area contributed by atoms with Crippen LogP contribution in [0.3, 0.4) is 0 Å². The van der Waals surface area contributed by atoms with Gasteiger partial charge in [-0.2, -0.15) is 0 Å². The van der Waals surface area contributed by atoms with Gasteiger partial charge in [0, 0.05) is 0 Å². The number of allylic oxidation sites excluding steroid dienone is 1. The average Bonchev–Trinajstić information content (AvgIpc) is 2.19. The number of hydrogen-bond acceptors (Lipinski definition) is 0. The van der Waals surface area contributed by atoms with Crippen LogP contribution < -0.4 is 24.0 Å². The van der Waals surface area contributed by atoms with Crippen molar-refractivity contribution in [2.24, 2.45) is 0 Å². The van der Waals surface area contributed by atoms with Crippen molar-refractivity contribution in [2.75, 3.05) is 0 Å². The van der Waals surface area contributed by atoms with Gasteiger partial charge < -0.3 is 24.0 Å². The standard InChI is InChI=1S/C7H13Te.HI/c1-2-5-8-6-3-4-7-8;/h2H,1,3-7H2;1H/q+1;/p-1. The Bertz CT molecular complexity index is 77.0. The normalized spacial score (nSPS) is 19.1. The average molecular weight is 352 g/mol. The summed E-state index contributed by atoms with van der Waals surface area (Å²) in [6, 6.07) is 0. The predicted molar refractivity (Wildman–Crippen MR) is 39.6 cm³/mol. The molecule has 0 aromatic heterocycles. The fourth-order valence-corrected chi connectivity index (χ4v) is 7.03. The quantitative estimate of drug-likeness (QED) is 0.356. The molecule has 0 aromatic rings. The van der Waals surface area contributed by atoms with Crippen LogP contribution in [0.5, 0.6) is 0 Å². The maximum Gasteiger partial charge on any atom is -1.00 e. The van der Waals surface area contributed by atoms with E-state index in [1.807, 2.05) is 0 Å². The van der Waals surface area contributed by atoms with Crippen molar-refractivity contribution in [1.82, 2.24) is 0 Å². The first-order valence-corrected chi connectivity index (χ1v) is 8.13. The predicted octanol–water partition coefficient (Wildman–Crippen LogP) is -0.535. The first kappa shape index (κ1) is 10.3. The van der Waals surface area contributed by atoms with Crippen molar-refractivity contribution in [3.63, 3.8) is 0 Å². The van der Waals surface area contributed by atoms with E-state index >= 15 is 0 Å². The fraction of sp³-hybridized carbons (Fsp3) is 0.714. The Morgan fingerprint density at radius 1 is 1.33 bits per heavy atom. The molecule has 0 aliphatic carbocycles. The minimum absolute atomic E-state index is 0. The van der Waals surface area contributed by atoms with Crippen LogP contribution in [0, 0.1) is 0 Å². The first-order chi connectivity index (χ1) is 3.93. The van der Waals surface area contributed by atoms with E-state index in [1.54, 1.807) is 8.94 Å². The third-order valence-electron chi connectivity index (χ3n) is 1.47. The second-order valence-electron chi connectivity index (χ2n) is 2.18. The minimum atomic E-state index is -0.466. The molecule has 0 aromatic carbocycles. The van der Waals surface area contributed by atoms with Crippen molar-refractivity contribution in [1.29, 1.82) is 0 Å². The fourth-order valence-electron chi connectivity index (χ4n) is 1.05. The van der Waals surface area contributed by atoms with E-state index in [0.717, 1.165) is 0 Å². The molecule has 0 atom stereocenters. The van der Waals surface area contributed by atoms with E-state index in [-0.39, 0.29) is 24.0 Å². The Kier molecular flexibility index (Phi) is 6.84. The van der Waals surface area contributed by atoms with Crippen LogP contribution in [0.1, 0.15) is 12.8 Å². The SMILES string of the molecule is C=CC[Te+]1CCCC1.[I-]. The van der Waals surface area contributed by atoms with Crippen molar-refractivity contribution in [3.8, 4) is 0 Å². The molecular formula is C7H13ITe. The van der Waals surface area contributed by atoms with Crippen LogP contribution in [0.25, 0.3) is 0 Å². The number of halogens is 1. The topological polar surface area (TPSA) is 0 Å². The molecule has 1 aliphatic heterocycles. The second-order valence-corrected chi connectivity index (χ2v) is 8.96. The summed E-state index contributed by atoms with van der Waals surface area (Å²) in [5.41, 5.74) is 0. The van der Waals surface area contributed by atoms with Crippen molar-refractivity contribution >= 4 is 19.6 Å². The minimum Gasteiger partial charge on any atom is -1.00 e. The van der Waals surface area contributed by atoms with Gasteiger partial charge in [0.2, 0.25) is 0 Å². The summed E-state index contributed by atoms with van der Waals surface area (Å²) >= 11 is -0.466. The molecular weight excluding hydrogens is 339 g/mol. The van der Waals surface area contributed by atoms with Gasteiger partial charge in [0.15, 0.2) is 0 Å². The molecule has 0 N–H and O–H groups in total. The van der Waals surface area contributed by atoms with Crippen LogP contribution in [0.15, 0.2) is 12.7 Å². The molecule has 9 heavy (non-hydrogen) atoms. The van der Waals surface area contributed by atoms with Crippen LogP contribution in [-0.4, -0.2) is 19.6 Å². The van der Waals surface area contributed by atoms with Gasteiger partial charge in [-0.1, -0.05) is 0 Å². The van der Waals surface area contributed by atoms with E-state index in [2.05, 4.69) is 12.7 Å². The van der Waals surface area contributed by atoms with Gasteiger partial charge in [-0.15, -0.1) is 0 Å². The molecule has 0 unspecified atom stereocenters. The van der Waals surface area contributed by atoms with E-state index in [4.69, 9.17) is 0 Å². The summed E-state index contributed by atoms with van der Waals surface area (Å²) in [7, 11) is 0. The van der Waals surface area contributed by atoms with Crippen molar-refractivity contribution in [2.45, 2.75) is 26.2 Å². The zero-order chi connectivity index (χ0) is 5.82. The van der Waals surface area contributed by atoms with Gasteiger partial charge in [0.05, 0.1) is 0 Å². The molecule has 0 radical (unpaired) electrons. The van der Waals surface area contributed by atoms with E-state index in [0.29, 0.717) is 0 Å². The Morgan fingerprint density at radius 3 is 2.33 bits per heavy atom. The molecule has 1 fully saturated rings. The van der Waals surface area contributed by atoms with Gasteiger partial charge in [-0.25, -0.2) is 0 Å². The smallest absolute Gasteiger partial charge is 1.00 e. The monoisotopic (exact) mass is 354 g/mol. The Hall–Kier alpha value is 1.26. The van der Waals surface area contributed by atoms with Crippen molar-refractivity contribution in [3.05, 3.63) is 12.7 Å². The molecule has 2 heteroatoms. The summed E-state index contributed by atoms with van der Waals surface area (Å²) in [4.78, 5) is 0. The van der Waals surface area contributed by atoms with Gasteiger partial charge in [0.25, 0.3) is 0 Å². The Labute approximate surface area is 81.8 Å². The molecule has 1 aliphatic rings. The van der Waals surface area contributed by atoms with Gasteiger partial charge in [0.1, 0.15) is 0 Å². The second kappa shape index (κ2) is 6.00. The van der Waals surface area contributed by atoms with E-state index in [1.165, 1.54) is 17.3 Å². The van der Waals surface area contributed by atoms with Crippen LogP contribution >= 0.6 is 0 Å². The number of hydrogen-bond donors (Lipinski definition) is 0. The summed E-state index contributed by atoms with van der Waals surface area (Å²) in [5.74, 6) is 0. The maximum atomic E-state index is 3.77. The van der Waals surface area contributed by atoms with Crippen LogP contribution in [-0.2, 0) is 0 Å². The van der Waals surface area contributed by atoms with Crippen LogP contribution in [0.2, 0.25) is 13.4 Å². The molecule has 0 saturated carbocycles. The third kappa shape index (κ3) is 3.85. The number of rotatable bonds is 2. The molecule has 1 rings (SSSR count). The zero-order valence-corrected chi connectivity index (χ0v) is 10.1. The Balaban J connectivity index is 0.000000640.